The van der Waals surface area contributed by atoms with Crippen LogP contribution >= 0.6 is 0 Å². The minimum Gasteiger partial charge on any atom is -0.481 e. The van der Waals surface area contributed by atoms with E-state index in [4.69, 9.17) is 0 Å². The molecule has 0 fully saturated rings. The van der Waals surface area contributed by atoms with Gasteiger partial charge in [-0.25, -0.2) is 8.42 Å². The van der Waals surface area contributed by atoms with E-state index in [9.17, 15) is 18.3 Å². The number of aliphatic carboxylic acids is 1. The summed E-state index contributed by atoms with van der Waals surface area (Å²) in [6, 6.07) is 0. The van der Waals surface area contributed by atoms with Crippen molar-refractivity contribution in [2.45, 2.75) is 26.7 Å². The van der Waals surface area contributed by atoms with Crippen molar-refractivity contribution in [3.8, 4) is 0 Å². The monoisotopic (exact) mass is 265 g/mol. The number of carbonyl (C=O) groups is 1. The molecule has 0 aromatic rings. The summed E-state index contributed by atoms with van der Waals surface area (Å²) in [6.45, 7) is 4.38. The highest BCUT2D eigenvalue weighted by Gasteiger charge is 2.33. The molecule has 6 heteroatoms. The van der Waals surface area contributed by atoms with Crippen LogP contribution in [0.2, 0.25) is 0 Å². The average Bonchev–Trinajstić information content (AvgIpc) is 2.13. The Hall–Kier alpha value is -0.620. The third kappa shape index (κ3) is 6.63. The van der Waals surface area contributed by atoms with Gasteiger partial charge in [-0.05, 0) is 20.4 Å². The summed E-state index contributed by atoms with van der Waals surface area (Å²) in [5, 5.41) is 9.20. The first-order valence-electron chi connectivity index (χ1n) is 5.70. The number of nitrogens with zero attached hydrogens (tertiary/aromatic N) is 1. The Balaban J connectivity index is 4.42. The van der Waals surface area contributed by atoms with Gasteiger partial charge in [-0.1, -0.05) is 13.3 Å². The molecular weight excluding hydrogens is 242 g/mol. The second-order valence-electron chi connectivity index (χ2n) is 4.98. The Morgan fingerprint density at radius 1 is 1.41 bits per heavy atom. The molecule has 17 heavy (non-hydrogen) atoms. The molecule has 102 valence electrons. The van der Waals surface area contributed by atoms with Gasteiger partial charge in [-0.2, -0.15) is 0 Å². The summed E-state index contributed by atoms with van der Waals surface area (Å²) in [7, 11) is -1.24. The Labute approximate surface area is 104 Å². The fourth-order valence-corrected chi connectivity index (χ4v) is 2.45. The van der Waals surface area contributed by atoms with Crippen molar-refractivity contribution in [3.63, 3.8) is 0 Å². The quantitative estimate of drug-likeness (QED) is 0.704. The summed E-state index contributed by atoms with van der Waals surface area (Å²) in [6.07, 6.45) is 2.57. The third-order valence-electron chi connectivity index (χ3n) is 2.78. The molecule has 0 rings (SSSR count). The first kappa shape index (κ1) is 16.4. The minimum atomic E-state index is -3.00. The zero-order chi connectivity index (χ0) is 13.7. The smallest absolute Gasteiger partial charge is 0.310 e. The van der Waals surface area contributed by atoms with Crippen molar-refractivity contribution in [2.75, 3.05) is 32.1 Å². The van der Waals surface area contributed by atoms with Crippen molar-refractivity contribution in [2.24, 2.45) is 5.41 Å². The van der Waals surface area contributed by atoms with E-state index in [1.165, 1.54) is 6.26 Å². The first-order valence-corrected chi connectivity index (χ1v) is 7.76. The van der Waals surface area contributed by atoms with E-state index >= 15 is 0 Å². The van der Waals surface area contributed by atoms with Crippen molar-refractivity contribution in [3.05, 3.63) is 0 Å². The SMILES string of the molecule is CCCC(C)(CN(C)CCS(C)(=O)=O)C(=O)O. The molecule has 0 aliphatic heterocycles. The second kappa shape index (κ2) is 6.35. The van der Waals surface area contributed by atoms with Crippen molar-refractivity contribution >= 4 is 15.8 Å². The van der Waals surface area contributed by atoms with E-state index in [2.05, 4.69) is 0 Å². The van der Waals surface area contributed by atoms with Crippen molar-refractivity contribution < 1.29 is 18.3 Å². The van der Waals surface area contributed by atoms with Gasteiger partial charge in [0, 0.05) is 19.3 Å². The van der Waals surface area contributed by atoms with Crippen LogP contribution < -0.4 is 0 Å². The standard InChI is InChI=1S/C11H23NO4S/c1-5-6-11(2,10(13)14)9-12(3)7-8-17(4,15)16/h5-9H2,1-4H3,(H,13,14). The van der Waals surface area contributed by atoms with Crippen LogP contribution in [0.3, 0.4) is 0 Å². The lowest BCUT2D eigenvalue weighted by molar-refractivity contribution is -0.149. The number of sulfone groups is 1. The Morgan fingerprint density at radius 2 is 1.94 bits per heavy atom. The van der Waals surface area contributed by atoms with Crippen LogP contribution in [0.1, 0.15) is 26.7 Å². The third-order valence-corrected chi connectivity index (χ3v) is 3.70. The molecule has 0 aliphatic carbocycles. The van der Waals surface area contributed by atoms with E-state index in [0.717, 1.165) is 6.42 Å². The lowest BCUT2D eigenvalue weighted by Crippen LogP contribution is -2.41. The van der Waals surface area contributed by atoms with Crippen LogP contribution in [0.4, 0.5) is 0 Å². The van der Waals surface area contributed by atoms with Gasteiger partial charge in [0.2, 0.25) is 0 Å². The number of rotatable bonds is 8. The number of carboxylic acids is 1. The summed E-state index contributed by atoms with van der Waals surface area (Å²) < 4.78 is 22.0. The molecule has 0 aromatic heterocycles. The molecule has 0 amide bonds. The molecule has 0 aromatic carbocycles. The summed E-state index contributed by atoms with van der Waals surface area (Å²) in [5.41, 5.74) is -0.805. The number of hydrogen-bond donors (Lipinski definition) is 1. The molecule has 5 nitrogen and oxygen atoms in total. The summed E-state index contributed by atoms with van der Waals surface area (Å²) in [5.74, 6) is -0.767. The average molecular weight is 265 g/mol. The van der Waals surface area contributed by atoms with Gasteiger partial charge < -0.3 is 10.0 Å². The molecule has 1 atom stereocenters. The molecule has 0 saturated carbocycles. The van der Waals surface area contributed by atoms with Crippen LogP contribution in [-0.2, 0) is 14.6 Å². The van der Waals surface area contributed by atoms with E-state index in [1.54, 1.807) is 18.9 Å². The second-order valence-corrected chi connectivity index (χ2v) is 7.24. The normalized spacial score (nSPS) is 15.8. The fraction of sp³-hybridized carbons (Fsp3) is 0.909. The highest BCUT2D eigenvalue weighted by atomic mass is 32.2. The predicted molar refractivity (Wildman–Crippen MR) is 67.9 cm³/mol. The van der Waals surface area contributed by atoms with E-state index in [1.807, 2.05) is 6.92 Å². The van der Waals surface area contributed by atoms with Gasteiger partial charge in [0.25, 0.3) is 0 Å². The maximum atomic E-state index is 11.2. The van der Waals surface area contributed by atoms with Crippen LogP contribution in [0.25, 0.3) is 0 Å². The zero-order valence-electron chi connectivity index (χ0n) is 11.1. The molecule has 0 aliphatic rings. The molecule has 0 heterocycles. The molecule has 0 spiro atoms. The summed E-state index contributed by atoms with van der Waals surface area (Å²) in [4.78, 5) is 13.0. The topological polar surface area (TPSA) is 74.7 Å². The van der Waals surface area contributed by atoms with Crippen LogP contribution in [0, 0.1) is 5.41 Å². The van der Waals surface area contributed by atoms with Crippen molar-refractivity contribution in [1.82, 2.24) is 4.90 Å². The molecule has 0 bridgehead atoms. The van der Waals surface area contributed by atoms with E-state index in [0.29, 0.717) is 19.5 Å². The largest absolute Gasteiger partial charge is 0.481 e. The highest BCUT2D eigenvalue weighted by Crippen LogP contribution is 2.24. The molecule has 0 saturated heterocycles. The number of hydrogen-bond acceptors (Lipinski definition) is 4. The van der Waals surface area contributed by atoms with Crippen LogP contribution in [0.15, 0.2) is 0 Å². The van der Waals surface area contributed by atoms with Gasteiger partial charge in [0.05, 0.1) is 11.2 Å². The highest BCUT2D eigenvalue weighted by molar-refractivity contribution is 7.90. The van der Waals surface area contributed by atoms with Gasteiger partial charge in [0.15, 0.2) is 0 Å². The van der Waals surface area contributed by atoms with Gasteiger partial charge in [-0.15, -0.1) is 0 Å². The number of carboxylic acid groups (broad SMARTS) is 1. The van der Waals surface area contributed by atoms with Crippen molar-refractivity contribution in [1.29, 1.82) is 0 Å². The van der Waals surface area contributed by atoms with Gasteiger partial charge >= 0.3 is 5.97 Å². The molecule has 1 N–H and O–H groups in total. The zero-order valence-corrected chi connectivity index (χ0v) is 11.9. The lowest BCUT2D eigenvalue weighted by Gasteiger charge is -2.29. The first-order chi connectivity index (χ1) is 7.60. The van der Waals surface area contributed by atoms with E-state index < -0.39 is 21.2 Å². The van der Waals surface area contributed by atoms with Gasteiger partial charge in [0.1, 0.15) is 9.84 Å². The predicted octanol–water partition coefficient (Wildman–Crippen LogP) is 0.854. The lowest BCUT2D eigenvalue weighted by atomic mass is 9.85. The molecular formula is C11H23NO4S. The van der Waals surface area contributed by atoms with Crippen LogP contribution in [0.5, 0.6) is 0 Å². The summed E-state index contributed by atoms with van der Waals surface area (Å²) >= 11 is 0. The fourth-order valence-electron chi connectivity index (χ4n) is 1.80. The maximum absolute atomic E-state index is 11.2. The van der Waals surface area contributed by atoms with E-state index in [-0.39, 0.29) is 5.75 Å². The maximum Gasteiger partial charge on any atom is 0.310 e. The Kier molecular flexibility index (Phi) is 6.12. The van der Waals surface area contributed by atoms with Gasteiger partial charge in [-0.3, -0.25) is 4.79 Å². The molecule has 1 unspecified atom stereocenters. The van der Waals surface area contributed by atoms with Crippen LogP contribution in [-0.4, -0.2) is 56.5 Å². The Bertz CT molecular complexity index is 352. The molecule has 0 radical (unpaired) electrons. The minimum absolute atomic E-state index is 0.0608. The Morgan fingerprint density at radius 3 is 2.29 bits per heavy atom.